The topological polar surface area (TPSA) is 49.8 Å². The minimum absolute atomic E-state index is 0.780. The molecular formula is C13H15BrN4. The molecule has 0 aliphatic heterocycles. The monoisotopic (exact) mass is 306 g/mol. The van der Waals surface area contributed by atoms with Crippen molar-refractivity contribution in [2.45, 2.75) is 13.8 Å². The first-order valence-electron chi connectivity index (χ1n) is 5.78. The molecule has 0 aliphatic rings. The molecular weight excluding hydrogens is 292 g/mol. The normalized spacial score (nSPS) is 10.2. The van der Waals surface area contributed by atoms with Crippen molar-refractivity contribution in [3.8, 4) is 0 Å². The maximum absolute atomic E-state index is 4.20. The molecule has 0 spiro atoms. The Balaban J connectivity index is 2.17. The van der Waals surface area contributed by atoms with Gasteiger partial charge in [0.05, 0.1) is 0 Å². The van der Waals surface area contributed by atoms with Gasteiger partial charge in [-0.1, -0.05) is 15.9 Å². The summed E-state index contributed by atoms with van der Waals surface area (Å²) in [5.74, 6) is 1.60. The van der Waals surface area contributed by atoms with Gasteiger partial charge in [0.15, 0.2) is 0 Å². The summed E-state index contributed by atoms with van der Waals surface area (Å²) < 4.78 is 1.10. The van der Waals surface area contributed by atoms with Crippen LogP contribution >= 0.6 is 15.9 Å². The van der Waals surface area contributed by atoms with E-state index in [-0.39, 0.29) is 0 Å². The molecule has 2 N–H and O–H groups in total. The molecule has 0 amide bonds. The van der Waals surface area contributed by atoms with Crippen LogP contribution in [0.1, 0.15) is 12.5 Å². The smallest absolute Gasteiger partial charge is 0.135 e. The van der Waals surface area contributed by atoms with E-state index in [0.717, 1.165) is 28.3 Å². The van der Waals surface area contributed by atoms with Crippen LogP contribution in [0.25, 0.3) is 0 Å². The molecule has 0 fully saturated rings. The van der Waals surface area contributed by atoms with Gasteiger partial charge in [0.25, 0.3) is 0 Å². The molecule has 0 radical (unpaired) electrons. The third-order valence-corrected chi connectivity index (χ3v) is 3.35. The fourth-order valence-corrected chi connectivity index (χ4v) is 1.82. The number of nitrogens with zero attached hydrogens (tertiary/aromatic N) is 2. The SMILES string of the molecule is CCNc1cc(Nc2ccc(Br)c(C)c2)ncn1. The van der Waals surface area contributed by atoms with Crippen molar-refractivity contribution in [3.05, 3.63) is 40.6 Å². The van der Waals surface area contributed by atoms with Gasteiger partial charge in [-0.05, 0) is 37.6 Å². The maximum atomic E-state index is 4.20. The Morgan fingerprint density at radius 1 is 1.17 bits per heavy atom. The molecule has 1 heterocycles. The minimum atomic E-state index is 0.780. The van der Waals surface area contributed by atoms with Crippen molar-refractivity contribution in [1.29, 1.82) is 0 Å². The standard InChI is InChI=1S/C13H15BrN4/c1-3-15-12-7-13(17-8-16-12)18-10-4-5-11(14)9(2)6-10/h4-8H,3H2,1-2H3,(H2,15,16,17,18). The van der Waals surface area contributed by atoms with Gasteiger partial charge >= 0.3 is 0 Å². The molecule has 0 aliphatic carbocycles. The lowest BCUT2D eigenvalue weighted by atomic mass is 10.2. The van der Waals surface area contributed by atoms with Crippen molar-refractivity contribution >= 4 is 33.3 Å². The predicted octanol–water partition coefficient (Wildman–Crippen LogP) is 3.72. The Bertz CT molecular complexity index is 542. The first-order valence-corrected chi connectivity index (χ1v) is 6.57. The van der Waals surface area contributed by atoms with Crippen LogP contribution in [0.4, 0.5) is 17.3 Å². The Hall–Kier alpha value is -1.62. The summed E-state index contributed by atoms with van der Waals surface area (Å²) in [7, 11) is 0. The van der Waals surface area contributed by atoms with Crippen molar-refractivity contribution < 1.29 is 0 Å². The Labute approximate surface area is 115 Å². The molecule has 18 heavy (non-hydrogen) atoms. The van der Waals surface area contributed by atoms with E-state index < -0.39 is 0 Å². The summed E-state index contributed by atoms with van der Waals surface area (Å²) in [4.78, 5) is 8.33. The van der Waals surface area contributed by atoms with E-state index in [4.69, 9.17) is 0 Å². The summed E-state index contributed by atoms with van der Waals surface area (Å²) in [5, 5.41) is 6.41. The highest BCUT2D eigenvalue weighted by molar-refractivity contribution is 9.10. The molecule has 0 saturated carbocycles. The average molecular weight is 307 g/mol. The van der Waals surface area contributed by atoms with Gasteiger partial charge in [-0.15, -0.1) is 0 Å². The molecule has 2 rings (SSSR count). The lowest BCUT2D eigenvalue weighted by Crippen LogP contribution is -2.01. The van der Waals surface area contributed by atoms with Gasteiger partial charge in [-0.2, -0.15) is 0 Å². The lowest BCUT2D eigenvalue weighted by molar-refractivity contribution is 1.11. The molecule has 1 aromatic heterocycles. The largest absolute Gasteiger partial charge is 0.370 e. The zero-order valence-corrected chi connectivity index (χ0v) is 12.0. The number of nitrogens with one attached hydrogen (secondary N) is 2. The van der Waals surface area contributed by atoms with Gasteiger partial charge in [0.1, 0.15) is 18.0 Å². The Kier molecular flexibility index (Phi) is 4.15. The second kappa shape index (κ2) is 5.82. The molecule has 2 aromatic rings. The van der Waals surface area contributed by atoms with E-state index in [0.29, 0.717) is 0 Å². The highest BCUT2D eigenvalue weighted by atomic mass is 79.9. The molecule has 0 unspecified atom stereocenters. The number of rotatable bonds is 4. The highest BCUT2D eigenvalue weighted by Gasteiger charge is 2.00. The average Bonchev–Trinajstić information content (AvgIpc) is 2.35. The fraction of sp³-hybridized carbons (Fsp3) is 0.231. The van der Waals surface area contributed by atoms with Crippen LogP contribution in [0.15, 0.2) is 35.1 Å². The number of hydrogen-bond donors (Lipinski definition) is 2. The number of aromatic nitrogens is 2. The third-order valence-electron chi connectivity index (χ3n) is 2.46. The molecule has 0 atom stereocenters. The summed E-state index contributed by atoms with van der Waals surface area (Å²) in [6, 6.07) is 7.98. The zero-order chi connectivity index (χ0) is 13.0. The second-order valence-electron chi connectivity index (χ2n) is 3.91. The Morgan fingerprint density at radius 2 is 1.94 bits per heavy atom. The van der Waals surface area contributed by atoms with Crippen LogP contribution in [0, 0.1) is 6.92 Å². The van der Waals surface area contributed by atoms with Gasteiger partial charge in [-0.3, -0.25) is 0 Å². The molecule has 5 heteroatoms. The van der Waals surface area contributed by atoms with Crippen LogP contribution in [-0.2, 0) is 0 Å². The van der Waals surface area contributed by atoms with Crippen molar-refractivity contribution in [1.82, 2.24) is 9.97 Å². The first kappa shape index (κ1) is 12.8. The van der Waals surface area contributed by atoms with E-state index in [9.17, 15) is 0 Å². The van der Waals surface area contributed by atoms with Gasteiger partial charge in [0, 0.05) is 22.8 Å². The van der Waals surface area contributed by atoms with Crippen LogP contribution in [-0.4, -0.2) is 16.5 Å². The molecule has 0 saturated heterocycles. The summed E-state index contributed by atoms with van der Waals surface area (Å²) in [6.45, 7) is 4.93. The predicted molar refractivity (Wildman–Crippen MR) is 78.4 cm³/mol. The van der Waals surface area contributed by atoms with E-state index in [1.54, 1.807) is 6.33 Å². The zero-order valence-electron chi connectivity index (χ0n) is 10.4. The molecule has 1 aromatic carbocycles. The van der Waals surface area contributed by atoms with Crippen LogP contribution in [0.3, 0.4) is 0 Å². The van der Waals surface area contributed by atoms with Crippen molar-refractivity contribution in [2.24, 2.45) is 0 Å². The van der Waals surface area contributed by atoms with E-state index in [1.165, 1.54) is 5.56 Å². The quantitative estimate of drug-likeness (QED) is 0.904. The van der Waals surface area contributed by atoms with Crippen molar-refractivity contribution in [2.75, 3.05) is 17.2 Å². The van der Waals surface area contributed by atoms with Gasteiger partial charge in [-0.25, -0.2) is 9.97 Å². The van der Waals surface area contributed by atoms with Crippen molar-refractivity contribution in [3.63, 3.8) is 0 Å². The minimum Gasteiger partial charge on any atom is -0.370 e. The number of halogens is 1. The van der Waals surface area contributed by atoms with Crippen LogP contribution < -0.4 is 10.6 Å². The summed E-state index contributed by atoms with van der Waals surface area (Å²) in [5.41, 5.74) is 2.19. The van der Waals surface area contributed by atoms with E-state index >= 15 is 0 Å². The highest BCUT2D eigenvalue weighted by Crippen LogP contribution is 2.22. The molecule has 0 bridgehead atoms. The van der Waals surface area contributed by atoms with Gasteiger partial charge in [0.2, 0.25) is 0 Å². The van der Waals surface area contributed by atoms with Crippen LogP contribution in [0.2, 0.25) is 0 Å². The molecule has 4 nitrogen and oxygen atoms in total. The Morgan fingerprint density at radius 3 is 2.67 bits per heavy atom. The third kappa shape index (κ3) is 3.20. The number of anilines is 3. The van der Waals surface area contributed by atoms with Crippen LogP contribution in [0.5, 0.6) is 0 Å². The summed E-state index contributed by atoms with van der Waals surface area (Å²) >= 11 is 3.48. The van der Waals surface area contributed by atoms with E-state index in [1.807, 2.05) is 25.1 Å². The number of benzene rings is 1. The number of hydrogen-bond acceptors (Lipinski definition) is 4. The fourth-order valence-electron chi connectivity index (χ4n) is 1.57. The van der Waals surface area contributed by atoms with Gasteiger partial charge < -0.3 is 10.6 Å². The number of aryl methyl sites for hydroxylation is 1. The summed E-state index contributed by atoms with van der Waals surface area (Å²) in [6.07, 6.45) is 1.55. The first-order chi connectivity index (χ1) is 8.69. The second-order valence-corrected chi connectivity index (χ2v) is 4.76. The van der Waals surface area contributed by atoms with E-state index in [2.05, 4.69) is 49.5 Å². The molecule has 94 valence electrons. The lowest BCUT2D eigenvalue weighted by Gasteiger charge is -2.08. The maximum Gasteiger partial charge on any atom is 0.135 e.